The van der Waals surface area contributed by atoms with Crippen molar-refractivity contribution in [2.75, 3.05) is 0 Å². The molecule has 2 nitrogen and oxygen atoms in total. The Labute approximate surface area is 86.8 Å². The zero-order valence-corrected chi connectivity index (χ0v) is 9.08. The molecule has 0 aromatic carbocycles. The Morgan fingerprint density at radius 1 is 1.14 bits per heavy atom. The Balaban J connectivity index is 4.02. The van der Waals surface area contributed by atoms with Crippen molar-refractivity contribution >= 4 is 0 Å². The summed E-state index contributed by atoms with van der Waals surface area (Å²) in [5, 5.41) is 17.4. The van der Waals surface area contributed by atoms with Crippen LogP contribution in [0.4, 0.5) is 0 Å². The Morgan fingerprint density at radius 3 is 2.21 bits per heavy atom. The van der Waals surface area contributed by atoms with Crippen molar-refractivity contribution in [2.24, 2.45) is 5.41 Å². The summed E-state index contributed by atoms with van der Waals surface area (Å²) in [4.78, 5) is 0. The molecule has 2 heteroatoms. The molecular formula is C12H18N2. The summed E-state index contributed by atoms with van der Waals surface area (Å²) in [7, 11) is 0. The fourth-order valence-electron chi connectivity index (χ4n) is 1.32. The van der Waals surface area contributed by atoms with Gasteiger partial charge in [0.25, 0.3) is 0 Å². The average Bonchev–Trinajstić information content (AvgIpc) is 2.24. The Morgan fingerprint density at radius 2 is 1.79 bits per heavy atom. The quantitative estimate of drug-likeness (QED) is 0.475. The van der Waals surface area contributed by atoms with E-state index >= 15 is 0 Å². The van der Waals surface area contributed by atoms with E-state index in [-0.39, 0.29) is 5.41 Å². The van der Waals surface area contributed by atoms with Crippen molar-refractivity contribution < 1.29 is 0 Å². The summed E-state index contributed by atoms with van der Waals surface area (Å²) >= 11 is 0. The maximum atomic E-state index is 9.04. The van der Waals surface area contributed by atoms with E-state index in [9.17, 15) is 0 Å². The topological polar surface area (TPSA) is 47.6 Å². The summed E-state index contributed by atoms with van der Waals surface area (Å²) in [6.07, 6.45) is 7.99. The summed E-state index contributed by atoms with van der Waals surface area (Å²) in [6.45, 7) is 4.10. The number of rotatable bonds is 6. The van der Waals surface area contributed by atoms with Crippen LogP contribution in [0.15, 0.2) is 12.2 Å². The van der Waals surface area contributed by atoms with Gasteiger partial charge < -0.3 is 0 Å². The van der Waals surface area contributed by atoms with E-state index in [1.54, 1.807) is 0 Å². The van der Waals surface area contributed by atoms with Gasteiger partial charge in [0.15, 0.2) is 0 Å². The van der Waals surface area contributed by atoms with E-state index in [4.69, 9.17) is 10.5 Å². The molecule has 0 heterocycles. The second kappa shape index (κ2) is 7.15. The van der Waals surface area contributed by atoms with Crippen molar-refractivity contribution in [3.05, 3.63) is 12.2 Å². The van der Waals surface area contributed by atoms with Crippen LogP contribution in [0.2, 0.25) is 0 Å². The first-order valence-electron chi connectivity index (χ1n) is 5.18. The highest BCUT2D eigenvalue weighted by molar-refractivity contribution is 5.02. The van der Waals surface area contributed by atoms with Gasteiger partial charge in [-0.2, -0.15) is 10.5 Å². The van der Waals surface area contributed by atoms with Crippen LogP contribution in [0.5, 0.6) is 0 Å². The molecule has 0 rings (SSSR count). The van der Waals surface area contributed by atoms with Crippen LogP contribution >= 0.6 is 0 Å². The lowest BCUT2D eigenvalue weighted by molar-refractivity contribution is 0.370. The largest absolute Gasteiger partial charge is 0.198 e. The number of unbranched alkanes of at least 4 members (excludes halogenated alkanes) is 1. The normalized spacial score (nSPS) is 11.1. The third kappa shape index (κ3) is 4.10. The van der Waals surface area contributed by atoms with Crippen LogP contribution in [-0.4, -0.2) is 0 Å². The fourth-order valence-corrected chi connectivity index (χ4v) is 1.32. The minimum atomic E-state index is -0.191. The molecule has 0 radical (unpaired) electrons. The molecule has 0 saturated heterocycles. The van der Waals surface area contributed by atoms with Crippen molar-refractivity contribution in [3.63, 3.8) is 0 Å². The van der Waals surface area contributed by atoms with Gasteiger partial charge >= 0.3 is 0 Å². The number of hydrogen-bond donors (Lipinski definition) is 0. The Hall–Kier alpha value is -1.28. The van der Waals surface area contributed by atoms with E-state index in [0.717, 1.165) is 25.7 Å². The van der Waals surface area contributed by atoms with Gasteiger partial charge in [0.1, 0.15) is 0 Å². The second-order valence-electron chi connectivity index (χ2n) is 3.47. The van der Waals surface area contributed by atoms with E-state index < -0.39 is 0 Å². The number of hydrogen-bond acceptors (Lipinski definition) is 2. The molecule has 0 aliphatic heterocycles. The molecule has 0 aliphatic carbocycles. The molecule has 0 unspecified atom stereocenters. The highest BCUT2D eigenvalue weighted by atomic mass is 14.3. The zero-order valence-electron chi connectivity index (χ0n) is 9.08. The molecule has 0 bridgehead atoms. The van der Waals surface area contributed by atoms with Crippen molar-refractivity contribution in [2.45, 2.75) is 46.0 Å². The first-order chi connectivity index (χ1) is 6.74. The minimum absolute atomic E-state index is 0.191. The van der Waals surface area contributed by atoms with Gasteiger partial charge in [0.2, 0.25) is 0 Å². The molecular weight excluding hydrogens is 172 g/mol. The molecule has 0 aliphatic rings. The lowest BCUT2D eigenvalue weighted by Gasteiger charge is -2.20. The third-order valence-electron chi connectivity index (χ3n) is 2.69. The van der Waals surface area contributed by atoms with Gasteiger partial charge in [0, 0.05) is 6.42 Å². The van der Waals surface area contributed by atoms with Crippen LogP contribution < -0.4 is 0 Å². The summed E-state index contributed by atoms with van der Waals surface area (Å²) in [6, 6.07) is 4.48. The number of allylic oxidation sites excluding steroid dienone is 2. The summed E-state index contributed by atoms with van der Waals surface area (Å²) in [5.41, 5.74) is -0.191. The van der Waals surface area contributed by atoms with Crippen LogP contribution in [0.3, 0.4) is 0 Å². The molecule has 0 N–H and O–H groups in total. The first-order valence-corrected chi connectivity index (χ1v) is 5.18. The molecule has 14 heavy (non-hydrogen) atoms. The molecule has 0 atom stereocenters. The molecule has 0 fully saturated rings. The van der Waals surface area contributed by atoms with E-state index in [0.29, 0.717) is 6.42 Å². The molecule has 0 aromatic heterocycles. The Bertz CT molecular complexity index is 248. The smallest absolute Gasteiger partial charge is 0.0692 e. The van der Waals surface area contributed by atoms with Gasteiger partial charge in [-0.25, -0.2) is 0 Å². The molecule has 0 spiro atoms. The maximum Gasteiger partial charge on any atom is 0.0692 e. The lowest BCUT2D eigenvalue weighted by Crippen LogP contribution is -2.14. The maximum absolute atomic E-state index is 9.04. The van der Waals surface area contributed by atoms with Crippen molar-refractivity contribution in [1.29, 1.82) is 10.5 Å². The van der Waals surface area contributed by atoms with Crippen LogP contribution in [0.1, 0.15) is 46.0 Å². The third-order valence-corrected chi connectivity index (χ3v) is 2.69. The second-order valence-corrected chi connectivity index (χ2v) is 3.47. The molecule has 0 saturated carbocycles. The van der Waals surface area contributed by atoms with Crippen LogP contribution in [-0.2, 0) is 0 Å². The van der Waals surface area contributed by atoms with E-state index in [1.165, 1.54) is 0 Å². The average molecular weight is 190 g/mol. The monoisotopic (exact) mass is 190 g/mol. The molecule has 0 aromatic rings. The van der Waals surface area contributed by atoms with Gasteiger partial charge in [-0.3, -0.25) is 0 Å². The number of nitrogens with zero attached hydrogens (tertiary/aromatic N) is 2. The minimum Gasteiger partial charge on any atom is -0.198 e. The number of nitriles is 2. The van der Waals surface area contributed by atoms with Gasteiger partial charge in [-0.1, -0.05) is 26.0 Å². The highest BCUT2D eigenvalue weighted by Gasteiger charge is 2.23. The van der Waals surface area contributed by atoms with Crippen molar-refractivity contribution in [3.8, 4) is 12.1 Å². The fraction of sp³-hybridized carbons (Fsp3) is 0.667. The van der Waals surface area contributed by atoms with Gasteiger partial charge in [0.05, 0.1) is 17.6 Å². The Kier molecular flexibility index (Phi) is 6.50. The zero-order chi connectivity index (χ0) is 10.9. The van der Waals surface area contributed by atoms with Gasteiger partial charge in [-0.05, 0) is 25.7 Å². The SMILES string of the molecule is CCC(C#N)(CC)CC=CCCC#N. The summed E-state index contributed by atoms with van der Waals surface area (Å²) in [5.74, 6) is 0. The standard InChI is InChI=1S/C12H18N2/c1-3-12(4-2,11-14)9-7-5-6-8-10-13/h5,7H,3-4,6,8-9H2,1-2H3. The van der Waals surface area contributed by atoms with E-state index in [2.05, 4.69) is 26.0 Å². The van der Waals surface area contributed by atoms with Crippen LogP contribution in [0, 0.1) is 28.1 Å². The molecule has 0 amide bonds. The first kappa shape index (κ1) is 12.7. The van der Waals surface area contributed by atoms with Crippen molar-refractivity contribution in [1.82, 2.24) is 0 Å². The lowest BCUT2D eigenvalue weighted by atomic mass is 9.81. The van der Waals surface area contributed by atoms with Crippen LogP contribution in [0.25, 0.3) is 0 Å². The van der Waals surface area contributed by atoms with E-state index in [1.807, 2.05) is 12.2 Å². The predicted molar refractivity (Wildman–Crippen MR) is 57.2 cm³/mol. The predicted octanol–water partition coefficient (Wildman–Crippen LogP) is 3.57. The highest BCUT2D eigenvalue weighted by Crippen LogP contribution is 2.29. The van der Waals surface area contributed by atoms with Gasteiger partial charge in [-0.15, -0.1) is 0 Å². The molecule has 76 valence electrons. The summed E-state index contributed by atoms with van der Waals surface area (Å²) < 4.78 is 0.